The van der Waals surface area contributed by atoms with E-state index in [0.29, 0.717) is 18.4 Å². The minimum atomic E-state index is -0.677. The maximum Gasteiger partial charge on any atom is 0.342 e. The van der Waals surface area contributed by atoms with E-state index < -0.39 is 11.8 Å². The highest BCUT2D eigenvalue weighted by molar-refractivity contribution is 5.94. The highest BCUT2D eigenvalue weighted by atomic mass is 19.1. The molecule has 0 heterocycles. The van der Waals surface area contributed by atoms with Crippen molar-refractivity contribution in [2.75, 3.05) is 6.61 Å². The molecule has 0 aliphatic heterocycles. The minimum Gasteiger partial charge on any atom is -0.507 e. The predicted molar refractivity (Wildman–Crippen MR) is 62.8 cm³/mol. The van der Waals surface area contributed by atoms with Crippen LogP contribution in [0.2, 0.25) is 0 Å². The lowest BCUT2D eigenvalue weighted by molar-refractivity contribution is 0.0521. The molecular formula is C13H17FO3. The Morgan fingerprint density at radius 1 is 1.35 bits per heavy atom. The molecule has 3 nitrogen and oxygen atoms in total. The highest BCUT2D eigenvalue weighted by Crippen LogP contribution is 2.28. The van der Waals surface area contributed by atoms with E-state index in [1.165, 1.54) is 6.07 Å². The second-order valence-corrected chi connectivity index (χ2v) is 3.65. The van der Waals surface area contributed by atoms with Gasteiger partial charge in [-0.1, -0.05) is 13.8 Å². The largest absolute Gasteiger partial charge is 0.507 e. The Hall–Kier alpha value is -1.58. The number of aromatic hydroxyl groups is 1. The summed E-state index contributed by atoms with van der Waals surface area (Å²) in [6.45, 7) is 5.39. The van der Waals surface area contributed by atoms with Crippen LogP contribution < -0.4 is 0 Å². The Bertz CT molecular complexity index is 427. The van der Waals surface area contributed by atoms with E-state index in [1.54, 1.807) is 20.8 Å². The molecule has 0 aliphatic rings. The first kappa shape index (κ1) is 13.5. The van der Waals surface area contributed by atoms with Gasteiger partial charge in [0.25, 0.3) is 0 Å². The lowest BCUT2D eigenvalue weighted by Gasteiger charge is -2.13. The molecule has 0 radical (unpaired) electrons. The number of hydrogen-bond acceptors (Lipinski definition) is 3. The van der Waals surface area contributed by atoms with Gasteiger partial charge >= 0.3 is 5.97 Å². The Morgan fingerprint density at radius 3 is 2.47 bits per heavy atom. The van der Waals surface area contributed by atoms with Gasteiger partial charge < -0.3 is 9.84 Å². The molecule has 0 fully saturated rings. The van der Waals surface area contributed by atoms with E-state index in [9.17, 15) is 14.3 Å². The SMILES string of the molecule is CCOC(=O)c1c(O)cc(CC)c(F)c1CC. The van der Waals surface area contributed by atoms with Gasteiger partial charge in [0.05, 0.1) is 6.61 Å². The maximum atomic E-state index is 14.0. The molecule has 0 aliphatic carbocycles. The molecule has 1 aromatic carbocycles. The fourth-order valence-corrected chi connectivity index (χ4v) is 1.78. The van der Waals surface area contributed by atoms with Crippen LogP contribution >= 0.6 is 0 Å². The normalized spacial score (nSPS) is 10.4. The zero-order chi connectivity index (χ0) is 13.0. The van der Waals surface area contributed by atoms with Crippen LogP contribution in [0.15, 0.2) is 6.07 Å². The molecule has 4 heteroatoms. The number of phenolic OH excluding ortho intramolecular Hbond substituents is 1. The molecule has 1 aromatic rings. The first-order chi connectivity index (χ1) is 8.06. The van der Waals surface area contributed by atoms with Gasteiger partial charge in [-0.15, -0.1) is 0 Å². The van der Waals surface area contributed by atoms with Crippen molar-refractivity contribution in [3.05, 3.63) is 28.6 Å². The number of esters is 1. The van der Waals surface area contributed by atoms with Gasteiger partial charge in [0.1, 0.15) is 17.1 Å². The number of carbonyl (C=O) groups is 1. The predicted octanol–water partition coefficient (Wildman–Crippen LogP) is 2.83. The van der Waals surface area contributed by atoms with Crippen LogP contribution in [0.1, 0.15) is 42.3 Å². The zero-order valence-electron chi connectivity index (χ0n) is 10.3. The summed E-state index contributed by atoms with van der Waals surface area (Å²) < 4.78 is 18.8. The van der Waals surface area contributed by atoms with Crippen molar-refractivity contribution >= 4 is 5.97 Å². The molecule has 0 bridgehead atoms. The maximum absolute atomic E-state index is 14.0. The highest BCUT2D eigenvalue weighted by Gasteiger charge is 2.22. The smallest absolute Gasteiger partial charge is 0.342 e. The summed E-state index contributed by atoms with van der Waals surface area (Å²) in [6.07, 6.45) is 0.802. The van der Waals surface area contributed by atoms with Gasteiger partial charge in [0.15, 0.2) is 0 Å². The quantitative estimate of drug-likeness (QED) is 0.823. The van der Waals surface area contributed by atoms with E-state index in [-0.39, 0.29) is 23.5 Å². The third kappa shape index (κ3) is 2.57. The van der Waals surface area contributed by atoms with Crippen molar-refractivity contribution in [2.45, 2.75) is 33.6 Å². The topological polar surface area (TPSA) is 46.5 Å². The third-order valence-electron chi connectivity index (χ3n) is 2.63. The number of carbonyl (C=O) groups excluding carboxylic acids is 1. The number of aryl methyl sites for hydroxylation is 1. The van der Waals surface area contributed by atoms with Crippen molar-refractivity contribution < 1.29 is 19.0 Å². The molecule has 0 aromatic heterocycles. The third-order valence-corrected chi connectivity index (χ3v) is 2.63. The molecule has 0 saturated carbocycles. The molecule has 17 heavy (non-hydrogen) atoms. The number of phenols is 1. The lowest BCUT2D eigenvalue weighted by atomic mass is 9.98. The van der Waals surface area contributed by atoms with Crippen molar-refractivity contribution in [3.8, 4) is 5.75 Å². The number of rotatable bonds is 4. The fourth-order valence-electron chi connectivity index (χ4n) is 1.78. The number of hydrogen-bond donors (Lipinski definition) is 1. The second-order valence-electron chi connectivity index (χ2n) is 3.65. The van der Waals surface area contributed by atoms with Crippen LogP contribution in [0.3, 0.4) is 0 Å². The first-order valence-electron chi connectivity index (χ1n) is 5.77. The van der Waals surface area contributed by atoms with Crippen LogP contribution in [-0.2, 0) is 17.6 Å². The van der Waals surface area contributed by atoms with Gasteiger partial charge in [0, 0.05) is 5.56 Å². The van der Waals surface area contributed by atoms with E-state index in [1.807, 2.05) is 0 Å². The van der Waals surface area contributed by atoms with Crippen LogP contribution in [0, 0.1) is 5.82 Å². The molecule has 1 rings (SSSR count). The summed E-state index contributed by atoms with van der Waals surface area (Å²) in [7, 11) is 0. The monoisotopic (exact) mass is 240 g/mol. The van der Waals surface area contributed by atoms with Crippen LogP contribution in [-0.4, -0.2) is 17.7 Å². The standard InChI is InChI=1S/C13H17FO3/c1-4-8-7-10(15)11(13(16)17-6-3)9(5-2)12(8)14/h7,15H,4-6H2,1-3H3. The van der Waals surface area contributed by atoms with Crippen molar-refractivity contribution in [2.24, 2.45) is 0 Å². The molecule has 0 unspecified atom stereocenters. The summed E-state index contributed by atoms with van der Waals surface area (Å²) in [4.78, 5) is 11.6. The van der Waals surface area contributed by atoms with Crippen molar-refractivity contribution in [1.29, 1.82) is 0 Å². The fraction of sp³-hybridized carbons (Fsp3) is 0.462. The lowest BCUT2D eigenvalue weighted by Crippen LogP contribution is -2.11. The molecule has 0 spiro atoms. The van der Waals surface area contributed by atoms with Crippen LogP contribution in [0.4, 0.5) is 4.39 Å². The molecule has 0 amide bonds. The minimum absolute atomic E-state index is 0.0518. The van der Waals surface area contributed by atoms with Gasteiger partial charge in [0.2, 0.25) is 0 Å². The summed E-state index contributed by atoms with van der Waals surface area (Å²) >= 11 is 0. The average molecular weight is 240 g/mol. The number of benzene rings is 1. The van der Waals surface area contributed by atoms with Crippen molar-refractivity contribution in [3.63, 3.8) is 0 Å². The molecule has 1 N–H and O–H groups in total. The zero-order valence-corrected chi connectivity index (χ0v) is 10.3. The van der Waals surface area contributed by atoms with Crippen LogP contribution in [0.25, 0.3) is 0 Å². The van der Waals surface area contributed by atoms with Crippen LogP contribution in [0.5, 0.6) is 5.75 Å². The number of halogens is 1. The van der Waals surface area contributed by atoms with Gasteiger partial charge in [-0.05, 0) is 31.4 Å². The van der Waals surface area contributed by atoms with E-state index in [2.05, 4.69) is 0 Å². The first-order valence-corrected chi connectivity index (χ1v) is 5.77. The summed E-state index contributed by atoms with van der Waals surface area (Å²) in [5, 5.41) is 9.79. The van der Waals surface area contributed by atoms with E-state index in [0.717, 1.165) is 0 Å². The Balaban J connectivity index is 3.38. The average Bonchev–Trinajstić information content (AvgIpc) is 2.31. The Kier molecular flexibility index (Phi) is 4.49. The number of ether oxygens (including phenoxy) is 1. The molecular weight excluding hydrogens is 223 g/mol. The van der Waals surface area contributed by atoms with Gasteiger partial charge in [-0.25, -0.2) is 9.18 Å². The van der Waals surface area contributed by atoms with E-state index in [4.69, 9.17) is 4.74 Å². The summed E-state index contributed by atoms with van der Waals surface area (Å²) in [5.74, 6) is -1.31. The Morgan fingerprint density at radius 2 is 2.00 bits per heavy atom. The van der Waals surface area contributed by atoms with E-state index >= 15 is 0 Å². The van der Waals surface area contributed by atoms with Gasteiger partial charge in [-0.2, -0.15) is 0 Å². The molecule has 0 atom stereocenters. The summed E-state index contributed by atoms with van der Waals surface area (Å²) in [5.41, 5.74) is 0.580. The second kappa shape index (κ2) is 5.66. The van der Waals surface area contributed by atoms with Crippen molar-refractivity contribution in [1.82, 2.24) is 0 Å². The summed E-state index contributed by atoms with van der Waals surface area (Å²) in [6, 6.07) is 1.29. The Labute approximate surface area is 100 Å². The molecule has 94 valence electrons. The molecule has 0 saturated heterocycles. The van der Waals surface area contributed by atoms with Gasteiger partial charge in [-0.3, -0.25) is 0 Å².